The van der Waals surface area contributed by atoms with Crippen molar-refractivity contribution in [3.8, 4) is 0 Å². The number of rotatable bonds is 6. The van der Waals surface area contributed by atoms with E-state index < -0.39 is 0 Å². The fourth-order valence-corrected chi connectivity index (χ4v) is 3.95. The summed E-state index contributed by atoms with van der Waals surface area (Å²) in [5.41, 5.74) is 3.82. The number of carbonyl (C=O) groups is 1. The maximum atomic E-state index is 12.2. The number of aryl methyl sites for hydroxylation is 2. The lowest BCUT2D eigenvalue weighted by atomic mass is 10.2. The SMILES string of the molecule is Cc1cccc(Nc2nnc(SCC(=O)Nc3cc(Cl)ccc3C)s2)c1. The molecular formula is C18H17ClN4OS2. The average Bonchev–Trinajstić information content (AvgIpc) is 3.04. The Morgan fingerprint density at radius 2 is 2.04 bits per heavy atom. The van der Waals surface area contributed by atoms with Crippen molar-refractivity contribution in [2.45, 2.75) is 18.2 Å². The molecule has 1 aromatic heterocycles. The lowest BCUT2D eigenvalue weighted by Crippen LogP contribution is -2.14. The van der Waals surface area contributed by atoms with Crippen LogP contribution in [0.15, 0.2) is 46.8 Å². The number of halogens is 1. The van der Waals surface area contributed by atoms with Gasteiger partial charge in [-0.25, -0.2) is 0 Å². The highest BCUT2D eigenvalue weighted by Gasteiger charge is 2.10. The number of carbonyl (C=O) groups excluding carboxylic acids is 1. The number of anilines is 3. The fraction of sp³-hybridized carbons (Fsp3) is 0.167. The molecular weight excluding hydrogens is 388 g/mol. The first-order valence-electron chi connectivity index (χ1n) is 7.85. The second-order valence-electron chi connectivity index (χ2n) is 5.66. The first kappa shape index (κ1) is 18.7. The molecule has 26 heavy (non-hydrogen) atoms. The van der Waals surface area contributed by atoms with E-state index in [2.05, 4.69) is 20.8 Å². The maximum Gasteiger partial charge on any atom is 0.234 e. The van der Waals surface area contributed by atoms with Crippen LogP contribution in [0, 0.1) is 13.8 Å². The van der Waals surface area contributed by atoms with Crippen molar-refractivity contribution < 1.29 is 4.79 Å². The molecule has 1 heterocycles. The summed E-state index contributed by atoms with van der Waals surface area (Å²) >= 11 is 8.74. The van der Waals surface area contributed by atoms with E-state index >= 15 is 0 Å². The maximum absolute atomic E-state index is 12.2. The summed E-state index contributed by atoms with van der Waals surface area (Å²) in [6, 6.07) is 13.4. The van der Waals surface area contributed by atoms with Crippen molar-refractivity contribution in [2.75, 3.05) is 16.4 Å². The van der Waals surface area contributed by atoms with Gasteiger partial charge in [0.1, 0.15) is 0 Å². The van der Waals surface area contributed by atoms with E-state index in [0.29, 0.717) is 10.2 Å². The Bertz CT molecular complexity index is 929. The number of nitrogens with one attached hydrogen (secondary N) is 2. The summed E-state index contributed by atoms with van der Waals surface area (Å²) in [5, 5.41) is 15.6. The van der Waals surface area contributed by atoms with E-state index in [1.54, 1.807) is 12.1 Å². The van der Waals surface area contributed by atoms with Crippen LogP contribution in [0.1, 0.15) is 11.1 Å². The third-order valence-electron chi connectivity index (χ3n) is 3.48. The lowest BCUT2D eigenvalue weighted by molar-refractivity contribution is -0.113. The Balaban J connectivity index is 1.54. The summed E-state index contributed by atoms with van der Waals surface area (Å²) in [6.45, 7) is 3.96. The number of hydrogen-bond donors (Lipinski definition) is 2. The monoisotopic (exact) mass is 404 g/mol. The van der Waals surface area contributed by atoms with Crippen molar-refractivity contribution in [3.63, 3.8) is 0 Å². The van der Waals surface area contributed by atoms with Gasteiger partial charge < -0.3 is 10.6 Å². The van der Waals surface area contributed by atoms with E-state index in [1.807, 2.05) is 44.2 Å². The van der Waals surface area contributed by atoms with Gasteiger partial charge in [-0.3, -0.25) is 4.79 Å². The molecule has 3 rings (SSSR count). The molecule has 0 unspecified atom stereocenters. The lowest BCUT2D eigenvalue weighted by Gasteiger charge is -2.08. The average molecular weight is 405 g/mol. The summed E-state index contributed by atoms with van der Waals surface area (Å²) in [5.74, 6) is 0.147. The zero-order valence-corrected chi connectivity index (χ0v) is 16.6. The van der Waals surface area contributed by atoms with Gasteiger partial charge >= 0.3 is 0 Å². The minimum absolute atomic E-state index is 0.108. The van der Waals surface area contributed by atoms with E-state index in [0.717, 1.165) is 21.3 Å². The van der Waals surface area contributed by atoms with Crippen LogP contribution in [0.5, 0.6) is 0 Å². The van der Waals surface area contributed by atoms with Gasteiger partial charge in [-0.05, 0) is 49.2 Å². The fourth-order valence-electron chi connectivity index (χ4n) is 2.21. The van der Waals surface area contributed by atoms with Gasteiger partial charge in [-0.15, -0.1) is 10.2 Å². The molecule has 2 N–H and O–H groups in total. The summed E-state index contributed by atoms with van der Waals surface area (Å²) in [7, 11) is 0. The van der Waals surface area contributed by atoms with Crippen LogP contribution in [0.4, 0.5) is 16.5 Å². The van der Waals surface area contributed by atoms with Gasteiger partial charge in [-0.2, -0.15) is 0 Å². The van der Waals surface area contributed by atoms with Crippen LogP contribution in [0.25, 0.3) is 0 Å². The molecule has 0 saturated heterocycles. The Hall–Kier alpha value is -2.09. The zero-order valence-electron chi connectivity index (χ0n) is 14.2. The van der Waals surface area contributed by atoms with Crippen LogP contribution >= 0.6 is 34.7 Å². The van der Waals surface area contributed by atoms with Crippen molar-refractivity contribution in [1.29, 1.82) is 0 Å². The number of hydrogen-bond acceptors (Lipinski definition) is 6. The molecule has 0 bridgehead atoms. The molecule has 0 saturated carbocycles. The molecule has 0 fully saturated rings. The van der Waals surface area contributed by atoms with Gasteiger partial charge in [0.2, 0.25) is 11.0 Å². The molecule has 3 aromatic rings. The first-order chi connectivity index (χ1) is 12.5. The van der Waals surface area contributed by atoms with E-state index in [4.69, 9.17) is 11.6 Å². The molecule has 0 atom stereocenters. The third-order valence-corrected chi connectivity index (χ3v) is 5.68. The van der Waals surface area contributed by atoms with Gasteiger partial charge in [0, 0.05) is 16.4 Å². The van der Waals surface area contributed by atoms with E-state index in [9.17, 15) is 4.79 Å². The molecule has 5 nitrogen and oxygen atoms in total. The minimum atomic E-state index is -0.108. The Labute approximate surface area is 165 Å². The van der Waals surface area contributed by atoms with Gasteiger partial charge in [0.25, 0.3) is 0 Å². The largest absolute Gasteiger partial charge is 0.330 e. The highest BCUT2D eigenvalue weighted by Crippen LogP contribution is 2.28. The van der Waals surface area contributed by atoms with Crippen molar-refractivity contribution in [3.05, 3.63) is 58.6 Å². The normalized spacial score (nSPS) is 10.6. The summed E-state index contributed by atoms with van der Waals surface area (Å²) < 4.78 is 0.734. The molecule has 0 aliphatic carbocycles. The standard InChI is InChI=1S/C18H17ClN4OS2/c1-11-4-3-5-14(8-11)20-17-22-23-18(26-17)25-10-16(24)21-15-9-13(19)7-6-12(15)2/h3-9H,10H2,1-2H3,(H,20,22)(H,21,24). The Morgan fingerprint density at radius 1 is 1.19 bits per heavy atom. The molecule has 0 aliphatic rings. The molecule has 0 spiro atoms. The smallest absolute Gasteiger partial charge is 0.234 e. The number of nitrogens with zero attached hydrogens (tertiary/aromatic N) is 2. The van der Waals surface area contributed by atoms with Crippen LogP contribution in [0.2, 0.25) is 5.02 Å². The van der Waals surface area contributed by atoms with E-state index in [-0.39, 0.29) is 11.7 Å². The number of benzene rings is 2. The Kier molecular flexibility index (Phi) is 6.13. The molecule has 0 radical (unpaired) electrons. The second-order valence-corrected chi connectivity index (χ2v) is 8.30. The van der Waals surface area contributed by atoms with Gasteiger partial charge in [-0.1, -0.05) is 52.9 Å². The molecule has 0 aliphatic heterocycles. The predicted octanol–water partition coefficient (Wildman–Crippen LogP) is 5.28. The van der Waals surface area contributed by atoms with Crippen molar-refractivity contribution in [1.82, 2.24) is 10.2 Å². The summed E-state index contributed by atoms with van der Waals surface area (Å²) in [4.78, 5) is 12.2. The quantitative estimate of drug-likeness (QED) is 0.547. The number of thioether (sulfide) groups is 1. The third kappa shape index (κ3) is 5.20. The van der Waals surface area contributed by atoms with Crippen LogP contribution in [0.3, 0.4) is 0 Å². The summed E-state index contributed by atoms with van der Waals surface area (Å²) in [6.07, 6.45) is 0. The van der Waals surface area contributed by atoms with E-state index in [1.165, 1.54) is 28.7 Å². The molecule has 1 amide bonds. The van der Waals surface area contributed by atoms with Gasteiger partial charge in [0.05, 0.1) is 5.75 Å². The molecule has 134 valence electrons. The van der Waals surface area contributed by atoms with Crippen LogP contribution in [-0.2, 0) is 4.79 Å². The Morgan fingerprint density at radius 3 is 2.85 bits per heavy atom. The molecule has 2 aromatic carbocycles. The van der Waals surface area contributed by atoms with Crippen molar-refractivity contribution in [2.24, 2.45) is 0 Å². The topological polar surface area (TPSA) is 66.9 Å². The van der Waals surface area contributed by atoms with Crippen molar-refractivity contribution >= 4 is 57.1 Å². The van der Waals surface area contributed by atoms with Gasteiger partial charge in [0.15, 0.2) is 4.34 Å². The zero-order chi connectivity index (χ0) is 18.5. The minimum Gasteiger partial charge on any atom is -0.330 e. The first-order valence-corrected chi connectivity index (χ1v) is 10.0. The highest BCUT2D eigenvalue weighted by molar-refractivity contribution is 8.01. The highest BCUT2D eigenvalue weighted by atomic mass is 35.5. The van der Waals surface area contributed by atoms with Crippen LogP contribution < -0.4 is 10.6 Å². The number of amides is 1. The number of aromatic nitrogens is 2. The van der Waals surface area contributed by atoms with Crippen LogP contribution in [-0.4, -0.2) is 21.9 Å². The predicted molar refractivity (Wildman–Crippen MR) is 110 cm³/mol. The molecule has 8 heteroatoms. The second kappa shape index (κ2) is 8.53.